The molecule has 0 fully saturated rings. The van der Waals surface area contributed by atoms with Gasteiger partial charge in [0.05, 0.1) is 15.7 Å². The van der Waals surface area contributed by atoms with Crippen molar-refractivity contribution in [2.24, 2.45) is 10.1 Å². The summed E-state index contributed by atoms with van der Waals surface area (Å²) in [5.74, 6) is -0.583. The molecular formula is C35H40Cl3N5O3. The quantitative estimate of drug-likeness (QED) is 0.232. The van der Waals surface area contributed by atoms with E-state index in [1.807, 2.05) is 37.2 Å². The van der Waals surface area contributed by atoms with Crippen LogP contribution in [0.5, 0.6) is 5.75 Å². The average molecular weight is 685 g/mol. The molecule has 1 aliphatic heterocycles. The lowest BCUT2D eigenvalue weighted by atomic mass is 9.76. The zero-order valence-corrected chi connectivity index (χ0v) is 29.7. The number of nitrogens with zero attached hydrogens (tertiary/aromatic N) is 4. The SMILES string of the molecule is CCC(C)(C)c1ccc(OCC(=O)NC2=NN(c3c(Cl)cc(Cl)cc3Cl)C(=O)/C2=N\c2ccc(N(C)C)cc2)c(C(C)(C)CC)c1. The number of amidine groups is 1. The molecule has 0 saturated carbocycles. The van der Waals surface area contributed by atoms with Crippen molar-refractivity contribution in [2.75, 3.05) is 30.6 Å². The summed E-state index contributed by atoms with van der Waals surface area (Å²) in [7, 11) is 3.85. The smallest absolute Gasteiger partial charge is 0.301 e. The van der Waals surface area contributed by atoms with Gasteiger partial charge in [-0.2, -0.15) is 5.01 Å². The molecule has 0 unspecified atom stereocenters. The van der Waals surface area contributed by atoms with Crippen LogP contribution in [-0.4, -0.2) is 44.1 Å². The summed E-state index contributed by atoms with van der Waals surface area (Å²) < 4.78 is 6.11. The van der Waals surface area contributed by atoms with Crippen LogP contribution < -0.4 is 20.0 Å². The lowest BCUT2D eigenvalue weighted by Crippen LogP contribution is -2.39. The van der Waals surface area contributed by atoms with Crippen molar-refractivity contribution < 1.29 is 14.3 Å². The number of hydrazone groups is 1. The van der Waals surface area contributed by atoms with E-state index in [-0.39, 0.29) is 44.7 Å². The predicted molar refractivity (Wildman–Crippen MR) is 191 cm³/mol. The molecule has 46 heavy (non-hydrogen) atoms. The molecule has 11 heteroatoms. The van der Waals surface area contributed by atoms with Crippen molar-refractivity contribution >= 4 is 75.2 Å². The van der Waals surface area contributed by atoms with Crippen LogP contribution >= 0.6 is 34.8 Å². The number of anilines is 2. The van der Waals surface area contributed by atoms with Gasteiger partial charge in [0.25, 0.3) is 5.91 Å². The second-order valence-corrected chi connectivity index (χ2v) is 13.9. The molecular weight excluding hydrogens is 645 g/mol. The van der Waals surface area contributed by atoms with Crippen molar-refractivity contribution in [2.45, 2.75) is 65.2 Å². The normalized spacial score (nSPS) is 14.5. The van der Waals surface area contributed by atoms with Crippen molar-refractivity contribution in [3.8, 4) is 5.75 Å². The van der Waals surface area contributed by atoms with Crippen LogP contribution in [0.2, 0.25) is 15.1 Å². The van der Waals surface area contributed by atoms with E-state index >= 15 is 0 Å². The van der Waals surface area contributed by atoms with Crippen LogP contribution in [0.1, 0.15) is 65.5 Å². The van der Waals surface area contributed by atoms with Gasteiger partial charge in [0, 0.05) is 30.4 Å². The van der Waals surface area contributed by atoms with Gasteiger partial charge in [-0.3, -0.25) is 9.59 Å². The number of rotatable bonds is 10. The van der Waals surface area contributed by atoms with Crippen molar-refractivity contribution in [1.29, 1.82) is 0 Å². The second kappa shape index (κ2) is 14.0. The molecule has 0 aromatic heterocycles. The molecule has 1 aliphatic rings. The van der Waals surface area contributed by atoms with Gasteiger partial charge in [-0.1, -0.05) is 88.5 Å². The minimum atomic E-state index is -0.625. The predicted octanol–water partition coefficient (Wildman–Crippen LogP) is 8.72. The van der Waals surface area contributed by atoms with Gasteiger partial charge in [0.15, 0.2) is 18.2 Å². The summed E-state index contributed by atoms with van der Waals surface area (Å²) in [6, 6.07) is 16.4. The van der Waals surface area contributed by atoms with E-state index in [2.05, 4.69) is 69.1 Å². The third-order valence-corrected chi connectivity index (χ3v) is 9.29. The number of aliphatic imine (C=N–C) groups is 1. The lowest BCUT2D eigenvalue weighted by Gasteiger charge is -2.30. The number of hydrogen-bond donors (Lipinski definition) is 1. The first-order valence-electron chi connectivity index (χ1n) is 15.1. The molecule has 0 spiro atoms. The van der Waals surface area contributed by atoms with Gasteiger partial charge in [-0.25, -0.2) is 4.99 Å². The molecule has 244 valence electrons. The first-order valence-corrected chi connectivity index (χ1v) is 16.2. The van der Waals surface area contributed by atoms with E-state index in [0.29, 0.717) is 16.5 Å². The monoisotopic (exact) mass is 683 g/mol. The molecule has 3 aromatic carbocycles. The minimum absolute atomic E-state index is 0.00803. The van der Waals surface area contributed by atoms with Gasteiger partial charge in [0.1, 0.15) is 11.4 Å². The van der Waals surface area contributed by atoms with Crippen molar-refractivity contribution in [3.05, 3.63) is 80.8 Å². The molecule has 0 bridgehead atoms. The highest BCUT2D eigenvalue weighted by Crippen LogP contribution is 2.40. The lowest BCUT2D eigenvalue weighted by molar-refractivity contribution is -0.121. The van der Waals surface area contributed by atoms with Crippen LogP contribution in [-0.2, 0) is 20.4 Å². The average Bonchev–Trinajstić information content (AvgIpc) is 3.29. The molecule has 0 saturated heterocycles. The zero-order chi connectivity index (χ0) is 34.0. The standard InChI is InChI=1S/C35H40Cl3N5O3/c1-9-34(3,4)21-11-16-28(25(17-21)35(5,6)10-2)46-20-29(44)40-32-30(39-23-12-14-24(15-13-23)42(7)8)33(45)43(41-32)31-26(37)18-22(36)19-27(31)38/h11-19H,9-10,20H2,1-8H3,(H,40,41,44)/b39-30-. The fourth-order valence-corrected chi connectivity index (χ4v) is 5.71. The Bertz CT molecular complexity index is 1670. The summed E-state index contributed by atoms with van der Waals surface area (Å²) in [5, 5.41) is 8.64. The summed E-state index contributed by atoms with van der Waals surface area (Å²) in [6.45, 7) is 12.7. The molecule has 8 nitrogen and oxygen atoms in total. The summed E-state index contributed by atoms with van der Waals surface area (Å²) in [5.41, 5.74) is 3.52. The third-order valence-electron chi connectivity index (χ3n) is 8.49. The van der Waals surface area contributed by atoms with Crippen molar-refractivity contribution in [1.82, 2.24) is 5.32 Å². The van der Waals surface area contributed by atoms with E-state index < -0.39 is 11.8 Å². The highest BCUT2D eigenvalue weighted by Gasteiger charge is 2.37. The highest BCUT2D eigenvalue weighted by molar-refractivity contribution is 6.72. The molecule has 4 rings (SSSR count). The van der Waals surface area contributed by atoms with Gasteiger partial charge in [-0.05, 0) is 71.7 Å². The number of ether oxygens (including phenoxy) is 1. The van der Waals surface area contributed by atoms with Gasteiger partial charge in [0.2, 0.25) is 0 Å². The topological polar surface area (TPSA) is 86.6 Å². The number of benzene rings is 3. The maximum atomic E-state index is 13.7. The van der Waals surface area contributed by atoms with Crippen LogP contribution in [0.15, 0.2) is 64.7 Å². The Labute approximate surface area is 286 Å². The summed E-state index contributed by atoms with van der Waals surface area (Å²) >= 11 is 19.0. The Morgan fingerprint density at radius 3 is 2.11 bits per heavy atom. The van der Waals surface area contributed by atoms with E-state index in [4.69, 9.17) is 39.5 Å². The number of carbonyl (C=O) groups is 2. The van der Waals surface area contributed by atoms with Crippen LogP contribution in [0.4, 0.5) is 17.1 Å². The Balaban J connectivity index is 1.66. The third kappa shape index (κ3) is 7.68. The Morgan fingerprint density at radius 1 is 0.935 bits per heavy atom. The molecule has 0 atom stereocenters. The first-order chi connectivity index (χ1) is 21.6. The van der Waals surface area contributed by atoms with Crippen LogP contribution in [0, 0.1) is 0 Å². The molecule has 3 aromatic rings. The highest BCUT2D eigenvalue weighted by atomic mass is 35.5. The Morgan fingerprint density at radius 2 is 1.54 bits per heavy atom. The first kappa shape index (κ1) is 35.3. The number of amides is 2. The molecule has 1 N–H and O–H groups in total. The number of halogens is 3. The molecule has 0 aliphatic carbocycles. The number of hydrogen-bond acceptors (Lipinski definition) is 6. The van der Waals surface area contributed by atoms with Crippen LogP contribution in [0.3, 0.4) is 0 Å². The minimum Gasteiger partial charge on any atom is -0.483 e. The fourth-order valence-electron chi connectivity index (χ4n) is 4.73. The van der Waals surface area contributed by atoms with Gasteiger partial charge < -0.3 is 15.0 Å². The van der Waals surface area contributed by atoms with Crippen molar-refractivity contribution in [3.63, 3.8) is 0 Å². The van der Waals surface area contributed by atoms with Gasteiger partial charge in [-0.15, -0.1) is 5.10 Å². The fraction of sp³-hybridized carbons (Fsp3) is 0.371. The number of carbonyl (C=O) groups excluding carboxylic acids is 2. The Kier molecular flexibility index (Phi) is 10.8. The largest absolute Gasteiger partial charge is 0.483 e. The number of nitrogens with one attached hydrogen (secondary N) is 1. The maximum absolute atomic E-state index is 13.7. The van der Waals surface area contributed by atoms with E-state index in [0.717, 1.165) is 29.1 Å². The van der Waals surface area contributed by atoms with E-state index in [1.54, 1.807) is 12.1 Å². The maximum Gasteiger partial charge on any atom is 0.301 e. The second-order valence-electron chi connectivity index (χ2n) is 12.7. The Hall–Kier alpha value is -3.59. The molecule has 0 radical (unpaired) electrons. The zero-order valence-electron chi connectivity index (χ0n) is 27.5. The van der Waals surface area contributed by atoms with E-state index in [9.17, 15) is 9.59 Å². The molecule has 1 heterocycles. The summed E-state index contributed by atoms with van der Waals surface area (Å²) in [4.78, 5) is 33.6. The van der Waals surface area contributed by atoms with Crippen LogP contribution in [0.25, 0.3) is 0 Å². The summed E-state index contributed by atoms with van der Waals surface area (Å²) in [6.07, 6.45) is 1.86. The molecule has 2 amide bonds. The van der Waals surface area contributed by atoms with E-state index in [1.165, 1.54) is 17.7 Å². The van der Waals surface area contributed by atoms with Gasteiger partial charge >= 0.3 is 5.91 Å².